The van der Waals surface area contributed by atoms with Crippen molar-refractivity contribution in [1.29, 1.82) is 0 Å². The van der Waals surface area contributed by atoms with E-state index < -0.39 is 0 Å². The molecule has 0 aliphatic carbocycles. The van der Waals surface area contributed by atoms with Crippen molar-refractivity contribution in [2.24, 2.45) is 0 Å². The lowest BCUT2D eigenvalue weighted by molar-refractivity contribution is 0.483. The van der Waals surface area contributed by atoms with Crippen molar-refractivity contribution < 1.29 is 4.42 Å². The first-order valence-electron chi connectivity index (χ1n) is 6.80. The number of aryl methyl sites for hydroxylation is 2. The van der Waals surface area contributed by atoms with Crippen molar-refractivity contribution in [3.63, 3.8) is 0 Å². The predicted molar refractivity (Wildman–Crippen MR) is 87.0 cm³/mol. The number of nitrogens with one attached hydrogen (secondary N) is 2. The lowest BCUT2D eigenvalue weighted by Crippen LogP contribution is -2.36. The highest BCUT2D eigenvalue weighted by Gasteiger charge is 2.06. The molecule has 0 spiro atoms. The monoisotopic (exact) mass is 288 g/mol. The van der Waals surface area contributed by atoms with Crippen LogP contribution in [0.1, 0.15) is 24.7 Å². The van der Waals surface area contributed by atoms with Crippen molar-refractivity contribution >= 4 is 23.0 Å². The molecule has 0 bridgehead atoms. The molecule has 4 heteroatoms. The Labute approximate surface area is 125 Å². The Hall–Kier alpha value is -1.81. The first kappa shape index (κ1) is 14.6. The fourth-order valence-electron chi connectivity index (χ4n) is 1.98. The molecule has 0 unspecified atom stereocenters. The summed E-state index contributed by atoms with van der Waals surface area (Å²) in [5.74, 6) is 1.01. The van der Waals surface area contributed by atoms with Crippen molar-refractivity contribution in [1.82, 2.24) is 5.32 Å². The molecule has 0 saturated carbocycles. The zero-order valence-corrected chi connectivity index (χ0v) is 12.7. The van der Waals surface area contributed by atoms with E-state index in [1.54, 1.807) is 6.26 Å². The van der Waals surface area contributed by atoms with E-state index in [2.05, 4.69) is 30.5 Å². The SMILES string of the molecule is Cc1ccccc1NC(=S)N[C@H](C)CCc1ccco1. The molecule has 0 fully saturated rings. The zero-order valence-electron chi connectivity index (χ0n) is 11.8. The largest absolute Gasteiger partial charge is 0.469 e. The van der Waals surface area contributed by atoms with Crippen LogP contribution in [0.2, 0.25) is 0 Å². The van der Waals surface area contributed by atoms with Gasteiger partial charge in [0.25, 0.3) is 0 Å². The van der Waals surface area contributed by atoms with Gasteiger partial charge in [0.1, 0.15) is 5.76 Å². The summed E-state index contributed by atoms with van der Waals surface area (Å²) in [6.45, 7) is 4.18. The zero-order chi connectivity index (χ0) is 14.4. The van der Waals surface area contributed by atoms with Gasteiger partial charge in [-0.05, 0) is 56.2 Å². The number of para-hydroxylation sites is 1. The summed E-state index contributed by atoms with van der Waals surface area (Å²) >= 11 is 5.34. The second-order valence-corrected chi connectivity index (χ2v) is 5.34. The van der Waals surface area contributed by atoms with E-state index in [9.17, 15) is 0 Å². The molecule has 1 aromatic carbocycles. The van der Waals surface area contributed by atoms with Gasteiger partial charge in [0.15, 0.2) is 5.11 Å². The van der Waals surface area contributed by atoms with Crippen LogP contribution in [0.3, 0.4) is 0 Å². The molecule has 0 saturated heterocycles. The van der Waals surface area contributed by atoms with Gasteiger partial charge in [0.05, 0.1) is 6.26 Å². The molecule has 0 aliphatic rings. The maximum Gasteiger partial charge on any atom is 0.170 e. The van der Waals surface area contributed by atoms with Crippen molar-refractivity contribution in [2.45, 2.75) is 32.7 Å². The molecule has 2 rings (SSSR count). The molecule has 1 atom stereocenters. The summed E-state index contributed by atoms with van der Waals surface area (Å²) in [4.78, 5) is 0. The van der Waals surface area contributed by atoms with Crippen molar-refractivity contribution in [2.75, 3.05) is 5.32 Å². The van der Waals surface area contributed by atoms with Crippen LogP contribution in [-0.4, -0.2) is 11.2 Å². The van der Waals surface area contributed by atoms with Crippen LogP contribution in [0.4, 0.5) is 5.69 Å². The number of hydrogen-bond acceptors (Lipinski definition) is 2. The maximum atomic E-state index is 5.34. The van der Waals surface area contributed by atoms with Crippen LogP contribution in [0, 0.1) is 6.92 Å². The minimum absolute atomic E-state index is 0.295. The molecule has 2 N–H and O–H groups in total. The quantitative estimate of drug-likeness (QED) is 0.818. The Morgan fingerprint density at radius 1 is 1.25 bits per heavy atom. The smallest absolute Gasteiger partial charge is 0.170 e. The third kappa shape index (κ3) is 4.38. The third-order valence-corrected chi connectivity index (χ3v) is 3.39. The van der Waals surface area contributed by atoms with Crippen LogP contribution in [-0.2, 0) is 6.42 Å². The summed E-state index contributed by atoms with van der Waals surface area (Å²) in [5, 5.41) is 7.19. The summed E-state index contributed by atoms with van der Waals surface area (Å²) < 4.78 is 5.32. The van der Waals surface area contributed by atoms with E-state index in [1.165, 1.54) is 5.56 Å². The average molecular weight is 288 g/mol. The molecule has 1 heterocycles. The van der Waals surface area contributed by atoms with Crippen molar-refractivity contribution in [3.8, 4) is 0 Å². The number of benzene rings is 1. The summed E-state index contributed by atoms with van der Waals surface area (Å²) in [7, 11) is 0. The number of thiocarbonyl (C=S) groups is 1. The van der Waals surface area contributed by atoms with Crippen LogP contribution >= 0.6 is 12.2 Å². The average Bonchev–Trinajstić information content (AvgIpc) is 2.92. The third-order valence-electron chi connectivity index (χ3n) is 3.17. The van der Waals surface area contributed by atoms with Gasteiger partial charge in [0, 0.05) is 18.2 Å². The van der Waals surface area contributed by atoms with Gasteiger partial charge >= 0.3 is 0 Å². The fourth-order valence-corrected chi connectivity index (χ4v) is 2.29. The molecule has 3 nitrogen and oxygen atoms in total. The highest BCUT2D eigenvalue weighted by Crippen LogP contribution is 2.13. The molecule has 20 heavy (non-hydrogen) atoms. The highest BCUT2D eigenvalue weighted by atomic mass is 32.1. The number of rotatable bonds is 5. The van der Waals surface area contributed by atoms with E-state index >= 15 is 0 Å². The van der Waals surface area contributed by atoms with Gasteiger partial charge in [-0.3, -0.25) is 0 Å². The van der Waals surface area contributed by atoms with Gasteiger partial charge in [-0.1, -0.05) is 18.2 Å². The number of anilines is 1. The van der Waals surface area contributed by atoms with E-state index in [0.29, 0.717) is 11.2 Å². The Kier molecular flexibility index (Phi) is 5.18. The first-order valence-corrected chi connectivity index (χ1v) is 7.21. The normalized spacial score (nSPS) is 11.9. The second kappa shape index (κ2) is 7.10. The molecular formula is C16H20N2OS. The molecule has 1 aromatic heterocycles. The molecule has 0 amide bonds. The van der Waals surface area contributed by atoms with E-state index in [1.807, 2.05) is 30.3 Å². The first-order chi connectivity index (χ1) is 9.65. The molecule has 106 valence electrons. The Morgan fingerprint density at radius 3 is 2.75 bits per heavy atom. The Balaban J connectivity index is 1.78. The number of hydrogen-bond donors (Lipinski definition) is 2. The highest BCUT2D eigenvalue weighted by molar-refractivity contribution is 7.80. The molecule has 0 radical (unpaired) electrons. The lowest BCUT2D eigenvalue weighted by atomic mass is 10.1. The minimum atomic E-state index is 0.295. The predicted octanol–water partition coefficient (Wildman–Crippen LogP) is 3.90. The van der Waals surface area contributed by atoms with Crippen LogP contribution < -0.4 is 10.6 Å². The molecule has 2 aromatic rings. The maximum absolute atomic E-state index is 5.34. The van der Waals surface area contributed by atoms with Gasteiger partial charge in [0.2, 0.25) is 0 Å². The molecular weight excluding hydrogens is 268 g/mol. The summed E-state index contributed by atoms with van der Waals surface area (Å²) in [6.07, 6.45) is 3.59. The Bertz CT molecular complexity index is 551. The van der Waals surface area contributed by atoms with Gasteiger partial charge in [-0.15, -0.1) is 0 Å². The van der Waals surface area contributed by atoms with E-state index in [4.69, 9.17) is 16.6 Å². The number of furan rings is 1. The topological polar surface area (TPSA) is 37.2 Å². The van der Waals surface area contributed by atoms with E-state index in [0.717, 1.165) is 24.3 Å². The van der Waals surface area contributed by atoms with Gasteiger partial charge in [-0.2, -0.15) is 0 Å². The van der Waals surface area contributed by atoms with Crippen LogP contribution in [0.5, 0.6) is 0 Å². The van der Waals surface area contributed by atoms with Crippen molar-refractivity contribution in [3.05, 3.63) is 54.0 Å². The lowest BCUT2D eigenvalue weighted by Gasteiger charge is -2.17. The van der Waals surface area contributed by atoms with Crippen LogP contribution in [0.15, 0.2) is 47.1 Å². The standard InChI is InChI=1S/C16H20N2OS/c1-12-6-3-4-8-15(12)18-16(20)17-13(2)9-10-14-7-5-11-19-14/h3-8,11,13H,9-10H2,1-2H3,(H2,17,18,20)/t13-/m1/s1. The fraction of sp³-hybridized carbons (Fsp3) is 0.312. The van der Waals surface area contributed by atoms with Gasteiger partial charge in [-0.25, -0.2) is 0 Å². The Morgan fingerprint density at radius 2 is 2.05 bits per heavy atom. The summed E-state index contributed by atoms with van der Waals surface area (Å²) in [6, 6.07) is 12.3. The van der Waals surface area contributed by atoms with E-state index in [-0.39, 0.29) is 0 Å². The minimum Gasteiger partial charge on any atom is -0.469 e. The second-order valence-electron chi connectivity index (χ2n) is 4.93. The summed E-state index contributed by atoms with van der Waals surface area (Å²) in [5.41, 5.74) is 2.23. The van der Waals surface area contributed by atoms with Crippen LogP contribution in [0.25, 0.3) is 0 Å². The molecule has 0 aliphatic heterocycles. The van der Waals surface area contributed by atoms with Gasteiger partial charge < -0.3 is 15.1 Å².